The quantitative estimate of drug-likeness (QED) is 0.790. The molecule has 0 aliphatic carbocycles. The van der Waals surface area contributed by atoms with Gasteiger partial charge in [-0.1, -0.05) is 13.8 Å². The van der Waals surface area contributed by atoms with Crippen LogP contribution in [0.25, 0.3) is 0 Å². The van der Waals surface area contributed by atoms with Crippen LogP contribution in [0.3, 0.4) is 0 Å². The van der Waals surface area contributed by atoms with E-state index in [0.717, 1.165) is 17.9 Å². The maximum Gasteiger partial charge on any atom is 0.118 e. The Labute approximate surface area is 94.3 Å². The fraction of sp³-hybridized carbons (Fsp3) is 0.636. The maximum absolute atomic E-state index is 10.6. The number of rotatable bonds is 1. The van der Waals surface area contributed by atoms with E-state index in [1.165, 1.54) is 0 Å². The highest BCUT2D eigenvalue weighted by atomic mass is 32.2. The highest BCUT2D eigenvalue weighted by molar-refractivity contribution is 7.99. The first-order valence-electron chi connectivity index (χ1n) is 5.09. The predicted molar refractivity (Wildman–Crippen MR) is 61.7 cm³/mol. The molecule has 1 saturated heterocycles. The highest BCUT2D eigenvalue weighted by Crippen LogP contribution is 2.43. The van der Waals surface area contributed by atoms with E-state index < -0.39 is 5.60 Å². The molecule has 4 heteroatoms. The van der Waals surface area contributed by atoms with Crippen LogP contribution in [-0.4, -0.2) is 26.6 Å². The minimum atomic E-state index is -0.805. The van der Waals surface area contributed by atoms with Crippen molar-refractivity contribution in [3.05, 3.63) is 24.3 Å². The Kier molecular flexibility index (Phi) is 2.73. The Balaban J connectivity index is 2.27. The molecule has 1 aromatic rings. The number of hydrogen-bond acceptors (Lipinski definition) is 4. The molecule has 0 aromatic carbocycles. The lowest BCUT2D eigenvalue weighted by Gasteiger charge is -2.40. The predicted octanol–water partition coefficient (Wildman–Crippen LogP) is 1.83. The second-order valence-corrected chi connectivity index (χ2v) is 5.94. The molecule has 1 fully saturated rings. The summed E-state index contributed by atoms with van der Waals surface area (Å²) >= 11 is 1.79. The molecule has 1 aliphatic rings. The molecule has 1 unspecified atom stereocenters. The summed E-state index contributed by atoms with van der Waals surface area (Å²) in [5, 5.41) is 10.6. The van der Waals surface area contributed by atoms with E-state index in [4.69, 9.17) is 0 Å². The number of nitrogens with zero attached hydrogens (tertiary/aromatic N) is 2. The summed E-state index contributed by atoms with van der Waals surface area (Å²) in [5.41, 5.74) is 0.0563. The Bertz CT molecular complexity index is 342. The van der Waals surface area contributed by atoms with E-state index in [1.54, 1.807) is 30.4 Å². The van der Waals surface area contributed by atoms with Crippen LogP contribution in [0.2, 0.25) is 0 Å². The summed E-state index contributed by atoms with van der Waals surface area (Å²) in [6, 6.07) is 0. The van der Waals surface area contributed by atoms with E-state index in [1.807, 2.05) is 0 Å². The lowest BCUT2D eigenvalue weighted by molar-refractivity contribution is 0.0114. The molecule has 0 radical (unpaired) electrons. The zero-order chi connectivity index (χ0) is 10.9. The standard InChI is InChI=1S/C11H16N2OS/c1-10(2)6-11(14,8-15-7-10)9-5-12-3-4-13-9/h3-5,14H,6-8H2,1-2H3. The van der Waals surface area contributed by atoms with Gasteiger partial charge in [-0.05, 0) is 17.6 Å². The fourth-order valence-electron chi connectivity index (χ4n) is 2.09. The normalized spacial score (nSPS) is 30.1. The van der Waals surface area contributed by atoms with Gasteiger partial charge in [0.05, 0.1) is 11.9 Å². The summed E-state index contributed by atoms with van der Waals surface area (Å²) in [6.45, 7) is 4.36. The highest BCUT2D eigenvalue weighted by Gasteiger charge is 2.41. The van der Waals surface area contributed by atoms with Gasteiger partial charge in [-0.2, -0.15) is 11.8 Å². The summed E-state index contributed by atoms with van der Waals surface area (Å²) < 4.78 is 0. The van der Waals surface area contributed by atoms with Crippen molar-refractivity contribution in [3.63, 3.8) is 0 Å². The molecule has 0 saturated carbocycles. The zero-order valence-corrected chi connectivity index (χ0v) is 9.92. The van der Waals surface area contributed by atoms with Gasteiger partial charge in [-0.3, -0.25) is 9.97 Å². The molecule has 0 amide bonds. The summed E-state index contributed by atoms with van der Waals surface area (Å²) in [4.78, 5) is 8.23. The molecular formula is C11H16N2OS. The van der Waals surface area contributed by atoms with Crippen molar-refractivity contribution in [2.75, 3.05) is 11.5 Å². The van der Waals surface area contributed by atoms with Crippen LogP contribution in [0.15, 0.2) is 18.6 Å². The second kappa shape index (κ2) is 3.76. The third kappa shape index (κ3) is 2.32. The average Bonchev–Trinajstić information content (AvgIpc) is 2.17. The van der Waals surface area contributed by atoms with Gasteiger partial charge in [-0.25, -0.2) is 0 Å². The average molecular weight is 224 g/mol. The van der Waals surface area contributed by atoms with Crippen LogP contribution in [0.5, 0.6) is 0 Å². The Morgan fingerprint density at radius 3 is 2.73 bits per heavy atom. The number of hydrogen-bond donors (Lipinski definition) is 1. The van der Waals surface area contributed by atoms with Crippen molar-refractivity contribution in [1.29, 1.82) is 0 Å². The minimum Gasteiger partial charge on any atom is -0.383 e. The molecule has 1 N–H and O–H groups in total. The molecule has 1 aliphatic heterocycles. The molecule has 1 aromatic heterocycles. The minimum absolute atomic E-state index is 0.162. The van der Waals surface area contributed by atoms with Crippen molar-refractivity contribution in [1.82, 2.24) is 9.97 Å². The largest absolute Gasteiger partial charge is 0.383 e. The first kappa shape index (κ1) is 10.9. The van der Waals surface area contributed by atoms with Gasteiger partial charge < -0.3 is 5.11 Å². The third-order valence-corrected chi connectivity index (χ3v) is 4.31. The van der Waals surface area contributed by atoms with E-state index in [9.17, 15) is 5.11 Å². The summed E-state index contributed by atoms with van der Waals surface area (Å²) in [7, 11) is 0. The van der Waals surface area contributed by atoms with Crippen molar-refractivity contribution in [3.8, 4) is 0 Å². The molecular weight excluding hydrogens is 208 g/mol. The SMILES string of the molecule is CC1(C)CSCC(O)(c2cnccn2)C1. The first-order chi connectivity index (χ1) is 7.02. The lowest BCUT2D eigenvalue weighted by atomic mass is 9.80. The molecule has 3 nitrogen and oxygen atoms in total. The second-order valence-electron chi connectivity index (χ2n) is 4.96. The van der Waals surface area contributed by atoms with Crippen LogP contribution in [0.1, 0.15) is 26.0 Å². The van der Waals surface area contributed by atoms with Gasteiger partial charge in [0.25, 0.3) is 0 Å². The Morgan fingerprint density at radius 2 is 2.13 bits per heavy atom. The summed E-state index contributed by atoms with van der Waals surface area (Å²) in [5.74, 6) is 1.81. The fourth-order valence-corrected chi connectivity index (χ4v) is 3.44. The van der Waals surface area contributed by atoms with Crippen LogP contribution < -0.4 is 0 Å². The number of thioether (sulfide) groups is 1. The van der Waals surface area contributed by atoms with Crippen LogP contribution in [-0.2, 0) is 5.60 Å². The van der Waals surface area contributed by atoms with Crippen LogP contribution in [0.4, 0.5) is 0 Å². The smallest absolute Gasteiger partial charge is 0.118 e. The molecule has 82 valence electrons. The van der Waals surface area contributed by atoms with E-state index in [2.05, 4.69) is 23.8 Å². The third-order valence-electron chi connectivity index (χ3n) is 2.64. The molecule has 1 atom stereocenters. The first-order valence-corrected chi connectivity index (χ1v) is 6.24. The van der Waals surface area contributed by atoms with Gasteiger partial charge in [0.1, 0.15) is 5.60 Å². The molecule has 0 bridgehead atoms. The van der Waals surface area contributed by atoms with Gasteiger partial charge in [-0.15, -0.1) is 0 Å². The zero-order valence-electron chi connectivity index (χ0n) is 9.10. The maximum atomic E-state index is 10.6. The molecule has 0 spiro atoms. The lowest BCUT2D eigenvalue weighted by Crippen LogP contribution is -2.40. The molecule has 2 heterocycles. The van der Waals surface area contributed by atoms with Crippen molar-refractivity contribution in [2.24, 2.45) is 5.41 Å². The van der Waals surface area contributed by atoms with Gasteiger partial charge in [0.2, 0.25) is 0 Å². The van der Waals surface area contributed by atoms with Crippen molar-refractivity contribution >= 4 is 11.8 Å². The number of aromatic nitrogens is 2. The topological polar surface area (TPSA) is 46.0 Å². The Morgan fingerprint density at radius 1 is 1.33 bits per heavy atom. The van der Waals surface area contributed by atoms with Crippen molar-refractivity contribution < 1.29 is 5.11 Å². The number of aliphatic hydroxyl groups is 1. The monoisotopic (exact) mass is 224 g/mol. The molecule has 2 rings (SSSR count). The Hall–Kier alpha value is -0.610. The van der Waals surface area contributed by atoms with E-state index in [-0.39, 0.29) is 5.41 Å². The van der Waals surface area contributed by atoms with Gasteiger partial charge in [0.15, 0.2) is 0 Å². The van der Waals surface area contributed by atoms with E-state index >= 15 is 0 Å². The summed E-state index contributed by atoms with van der Waals surface area (Å²) in [6.07, 6.45) is 5.70. The van der Waals surface area contributed by atoms with Gasteiger partial charge >= 0.3 is 0 Å². The van der Waals surface area contributed by atoms with Gasteiger partial charge in [0, 0.05) is 18.1 Å². The van der Waals surface area contributed by atoms with Crippen LogP contribution >= 0.6 is 11.8 Å². The van der Waals surface area contributed by atoms with Crippen molar-refractivity contribution in [2.45, 2.75) is 25.9 Å². The van der Waals surface area contributed by atoms with E-state index in [0.29, 0.717) is 5.69 Å². The molecule has 15 heavy (non-hydrogen) atoms. The van der Waals surface area contributed by atoms with Crippen LogP contribution in [0, 0.1) is 5.41 Å².